The summed E-state index contributed by atoms with van der Waals surface area (Å²) in [5.41, 5.74) is 0. The van der Waals surface area contributed by atoms with Crippen LogP contribution < -0.4 is 0 Å². The van der Waals surface area contributed by atoms with Crippen LogP contribution in [0.1, 0.15) is 285 Å². The van der Waals surface area contributed by atoms with Crippen LogP contribution in [0.15, 0.2) is 158 Å². The van der Waals surface area contributed by atoms with E-state index >= 15 is 0 Å². The minimum atomic E-state index is -5.02. The van der Waals surface area contributed by atoms with Gasteiger partial charge in [-0.05, 0) is 141 Å². The van der Waals surface area contributed by atoms with E-state index < -0.39 is 97.5 Å². The van der Waals surface area contributed by atoms with E-state index in [0.717, 1.165) is 135 Å². The van der Waals surface area contributed by atoms with Gasteiger partial charge >= 0.3 is 39.5 Å². The Morgan fingerprint density at radius 2 is 0.569 bits per heavy atom. The molecule has 5 atom stereocenters. The summed E-state index contributed by atoms with van der Waals surface area (Å²) in [4.78, 5) is 72.8. The molecule has 0 heterocycles. The van der Waals surface area contributed by atoms with Crippen molar-refractivity contribution in [3.63, 3.8) is 0 Å². The lowest BCUT2D eigenvalue weighted by Crippen LogP contribution is -2.30. The number of carbonyl (C=O) groups excluding carboxylic acids is 4. The zero-order valence-corrected chi connectivity index (χ0v) is 65.0. The van der Waals surface area contributed by atoms with Crippen molar-refractivity contribution in [2.75, 3.05) is 39.6 Å². The van der Waals surface area contributed by atoms with E-state index in [9.17, 15) is 43.2 Å². The Labute approximate surface area is 617 Å². The fourth-order valence-corrected chi connectivity index (χ4v) is 11.2. The molecule has 0 aromatic heterocycles. The number of aliphatic hydroxyl groups excluding tert-OH is 1. The highest BCUT2D eigenvalue weighted by Crippen LogP contribution is 2.45. The Morgan fingerprint density at radius 3 is 0.941 bits per heavy atom. The molecule has 0 aliphatic carbocycles. The van der Waals surface area contributed by atoms with Gasteiger partial charge in [0.2, 0.25) is 0 Å². The number of allylic oxidation sites excluding steroid dienone is 25. The monoisotopic (exact) mass is 1470 g/mol. The predicted molar refractivity (Wildman–Crippen MR) is 417 cm³/mol. The van der Waals surface area contributed by atoms with Gasteiger partial charge in [0.15, 0.2) is 12.2 Å². The molecule has 102 heavy (non-hydrogen) atoms. The Morgan fingerprint density at radius 1 is 0.294 bits per heavy atom. The van der Waals surface area contributed by atoms with Crippen LogP contribution in [0, 0.1) is 0 Å². The SMILES string of the molecule is CC/C=C\C/C=C\C/C=C\C/C=C\C/C=C\C/C=C\CCC(=O)OCC(COP(=O)(O)OCC(O)COP(=O)(O)OCC(COC(=O)CCCCCCC/C=C\CCCCCCCC)OC(=O)CCCCCCC/C=C\CCCCCC)OC(=O)C/C=C\C/C=C\C/C=C\C/C=C\C/C=C\CC. The number of aliphatic hydroxyl groups is 1. The maximum absolute atomic E-state index is 13.1. The van der Waals surface area contributed by atoms with Crippen LogP contribution in [0.3, 0.4) is 0 Å². The number of hydrogen-bond acceptors (Lipinski definition) is 15. The molecular formula is C83H136O17P2. The van der Waals surface area contributed by atoms with E-state index in [0.29, 0.717) is 32.1 Å². The van der Waals surface area contributed by atoms with Gasteiger partial charge in [0.05, 0.1) is 32.8 Å². The number of phosphoric acid groups is 2. The molecule has 19 heteroatoms. The van der Waals surface area contributed by atoms with Gasteiger partial charge in [-0.2, -0.15) is 0 Å². The summed E-state index contributed by atoms with van der Waals surface area (Å²) in [7, 11) is -10.0. The third-order valence-electron chi connectivity index (χ3n) is 15.5. The fraction of sp³-hybridized carbons (Fsp3) is 0.639. The highest BCUT2D eigenvalue weighted by atomic mass is 31.2. The molecule has 0 saturated carbocycles. The number of phosphoric ester groups is 2. The molecular weight excluding hydrogens is 1330 g/mol. The molecule has 5 unspecified atom stereocenters. The summed E-state index contributed by atoms with van der Waals surface area (Å²) in [5, 5.41) is 10.6. The highest BCUT2D eigenvalue weighted by molar-refractivity contribution is 7.47. The van der Waals surface area contributed by atoms with E-state index in [1.807, 2.05) is 30.4 Å². The zero-order valence-electron chi connectivity index (χ0n) is 63.2. The van der Waals surface area contributed by atoms with Crippen molar-refractivity contribution in [2.45, 2.75) is 303 Å². The van der Waals surface area contributed by atoms with Crippen molar-refractivity contribution in [1.82, 2.24) is 0 Å². The molecule has 0 saturated heterocycles. The second-order valence-corrected chi connectivity index (χ2v) is 28.1. The molecule has 0 spiro atoms. The first-order valence-corrected chi connectivity index (χ1v) is 41.7. The van der Waals surface area contributed by atoms with E-state index in [1.165, 1.54) is 64.2 Å². The van der Waals surface area contributed by atoms with Gasteiger partial charge in [-0.3, -0.25) is 37.3 Å². The number of esters is 4. The molecule has 3 N–H and O–H groups in total. The standard InChI is InChI=1S/C83H136O17P2/c1-5-9-13-17-21-25-29-33-36-37-38-39-42-45-48-52-56-60-64-68-81(86)94-74-79(100-83(88)70-66-62-58-54-50-46-41-35-31-27-23-19-15-11-7-3)76-98-102(91,92)96-72-77(84)71-95-101(89,90)97-75-78(99-82(87)69-65-61-57-53-49-43-32-28-24-20-16-12-8-4)73-93-80(85)67-63-59-55-51-47-44-40-34-30-26-22-18-14-10-6-2/h9,11,13,15,21,23,25,27-28,32-36,38-41,45,48,50,54,56,60,62,66,77-79,84H,5-8,10,12,14,16-20,22,24,26,29-31,37,42-44,46-47,49,51-53,55,57-59,61,63-65,67-76H2,1-4H3,(H,89,90)(H,91,92)/b13-9-,15-11-,25-21-,27-23-,32-28-,36-33-,39-38-,40-34-,41-35-,48-45-,54-50-,60-56-,66-62-. The van der Waals surface area contributed by atoms with Crippen molar-refractivity contribution in [1.29, 1.82) is 0 Å². The number of hydrogen-bond donors (Lipinski definition) is 3. The van der Waals surface area contributed by atoms with Crippen LogP contribution >= 0.6 is 15.6 Å². The van der Waals surface area contributed by atoms with Crippen LogP contribution in [-0.2, 0) is 65.4 Å². The third kappa shape index (κ3) is 73.0. The van der Waals surface area contributed by atoms with E-state index in [-0.39, 0.29) is 25.7 Å². The van der Waals surface area contributed by atoms with Crippen LogP contribution in [0.2, 0.25) is 0 Å². The summed E-state index contributed by atoms with van der Waals surface area (Å²) in [5.74, 6) is -2.45. The minimum Gasteiger partial charge on any atom is -0.462 e. The van der Waals surface area contributed by atoms with Gasteiger partial charge in [-0.1, -0.05) is 276 Å². The van der Waals surface area contributed by atoms with Crippen LogP contribution in [-0.4, -0.2) is 96.7 Å². The second kappa shape index (κ2) is 74.0. The van der Waals surface area contributed by atoms with Gasteiger partial charge in [0.25, 0.3) is 0 Å². The van der Waals surface area contributed by atoms with Crippen LogP contribution in [0.25, 0.3) is 0 Å². The maximum atomic E-state index is 13.1. The zero-order chi connectivity index (χ0) is 74.6. The van der Waals surface area contributed by atoms with E-state index in [1.54, 1.807) is 12.2 Å². The minimum absolute atomic E-state index is 0.0111. The smallest absolute Gasteiger partial charge is 0.462 e. The topological polar surface area (TPSA) is 237 Å². The summed E-state index contributed by atoms with van der Waals surface area (Å²) < 4.78 is 68.3. The van der Waals surface area contributed by atoms with Crippen molar-refractivity contribution in [2.24, 2.45) is 0 Å². The first-order chi connectivity index (χ1) is 49.7. The Balaban J connectivity index is 5.50. The average molecular weight is 1470 g/mol. The van der Waals surface area contributed by atoms with Crippen molar-refractivity contribution in [3.05, 3.63) is 158 Å². The summed E-state index contributed by atoms with van der Waals surface area (Å²) in [6, 6.07) is 0. The third-order valence-corrected chi connectivity index (χ3v) is 17.4. The molecule has 0 aromatic rings. The number of carbonyl (C=O) groups is 4. The molecule has 0 aromatic carbocycles. The molecule has 0 amide bonds. The Hall–Kier alpha value is -5.32. The lowest BCUT2D eigenvalue weighted by atomic mass is 10.1. The fourth-order valence-electron chi connectivity index (χ4n) is 9.66. The Bertz CT molecular complexity index is 2550. The quantitative estimate of drug-likeness (QED) is 0.0169. The maximum Gasteiger partial charge on any atom is 0.472 e. The van der Waals surface area contributed by atoms with Gasteiger partial charge in [-0.15, -0.1) is 0 Å². The van der Waals surface area contributed by atoms with Gasteiger partial charge in [-0.25, -0.2) is 9.13 Å². The first kappa shape index (κ1) is 96.7. The summed E-state index contributed by atoms with van der Waals surface area (Å²) >= 11 is 0. The Kier molecular flexibility index (Phi) is 70.1. The second-order valence-electron chi connectivity index (χ2n) is 25.2. The van der Waals surface area contributed by atoms with Crippen molar-refractivity contribution < 1.29 is 80.2 Å². The van der Waals surface area contributed by atoms with Gasteiger partial charge in [0.1, 0.15) is 19.3 Å². The lowest BCUT2D eigenvalue weighted by Gasteiger charge is -2.21. The molecule has 580 valence electrons. The molecule has 17 nitrogen and oxygen atoms in total. The van der Waals surface area contributed by atoms with Gasteiger partial charge in [0, 0.05) is 19.3 Å². The first-order valence-electron chi connectivity index (χ1n) is 38.7. The average Bonchev–Trinajstić information content (AvgIpc) is 0.924. The van der Waals surface area contributed by atoms with Crippen molar-refractivity contribution >= 4 is 39.5 Å². The van der Waals surface area contributed by atoms with Crippen molar-refractivity contribution in [3.8, 4) is 0 Å². The molecule has 0 radical (unpaired) electrons. The normalized spacial score (nSPS) is 14.8. The number of unbranched alkanes of at least 4 members (excludes halogenated alkanes) is 20. The molecule has 0 bridgehead atoms. The molecule has 0 aliphatic rings. The molecule has 0 aliphatic heterocycles. The predicted octanol–water partition coefficient (Wildman–Crippen LogP) is 22.4. The highest BCUT2D eigenvalue weighted by Gasteiger charge is 2.30. The number of ether oxygens (including phenoxy) is 4. The molecule has 0 rings (SSSR count). The molecule has 0 fully saturated rings. The largest absolute Gasteiger partial charge is 0.472 e. The lowest BCUT2D eigenvalue weighted by molar-refractivity contribution is -0.161. The van der Waals surface area contributed by atoms with Crippen LogP contribution in [0.4, 0.5) is 0 Å². The van der Waals surface area contributed by atoms with Gasteiger partial charge < -0.3 is 33.8 Å². The summed E-state index contributed by atoms with van der Waals surface area (Å²) in [6.45, 7) is 4.39. The van der Waals surface area contributed by atoms with E-state index in [4.69, 9.17) is 37.0 Å². The summed E-state index contributed by atoms with van der Waals surface area (Å²) in [6.07, 6.45) is 85.7. The number of rotatable bonds is 71. The van der Waals surface area contributed by atoms with E-state index in [2.05, 4.69) is 143 Å². The van der Waals surface area contributed by atoms with Crippen LogP contribution in [0.5, 0.6) is 0 Å².